The number of fused-ring (bicyclic) bond motifs is 1. The van der Waals surface area contributed by atoms with Gasteiger partial charge in [-0.25, -0.2) is 13.9 Å². The number of aromatic nitrogens is 4. The Labute approximate surface area is 200 Å². The van der Waals surface area contributed by atoms with Crippen LogP contribution in [0.15, 0.2) is 59.8 Å². The molecule has 34 heavy (non-hydrogen) atoms. The highest BCUT2D eigenvalue weighted by atomic mass is 32.2. The van der Waals surface area contributed by atoms with Crippen molar-refractivity contribution in [1.82, 2.24) is 30.2 Å². The zero-order chi connectivity index (χ0) is 24.1. The van der Waals surface area contributed by atoms with Gasteiger partial charge in [-0.1, -0.05) is 42.1 Å². The van der Waals surface area contributed by atoms with Gasteiger partial charge in [-0.15, -0.1) is 5.10 Å². The lowest BCUT2D eigenvalue weighted by molar-refractivity contribution is 0.0925. The highest BCUT2D eigenvalue weighted by Crippen LogP contribution is 2.22. The number of aryl methyl sites for hydroxylation is 2. The molecule has 0 aliphatic heterocycles. The molecule has 0 unspecified atom stereocenters. The molecule has 0 saturated carbocycles. The first-order chi connectivity index (χ1) is 16.4. The molecule has 0 saturated heterocycles. The molecule has 174 valence electrons. The lowest BCUT2D eigenvalue weighted by Gasteiger charge is -2.10. The van der Waals surface area contributed by atoms with Crippen LogP contribution in [-0.2, 0) is 5.75 Å². The lowest BCUT2D eigenvalue weighted by atomic mass is 10.1. The number of carbonyl (C=O) groups is 2. The Kier molecular flexibility index (Phi) is 7.17. The second-order valence-electron chi connectivity index (χ2n) is 7.58. The van der Waals surface area contributed by atoms with Gasteiger partial charge >= 0.3 is 0 Å². The molecule has 0 radical (unpaired) electrons. The molecule has 0 aliphatic carbocycles. The van der Waals surface area contributed by atoms with E-state index in [0.717, 1.165) is 17.0 Å². The molecule has 2 aromatic carbocycles. The van der Waals surface area contributed by atoms with Crippen molar-refractivity contribution in [3.63, 3.8) is 0 Å². The number of thioether (sulfide) groups is 1. The van der Waals surface area contributed by atoms with Crippen LogP contribution in [0.2, 0.25) is 0 Å². The Hall–Kier alpha value is -3.79. The Balaban J connectivity index is 1.33. The zero-order valence-corrected chi connectivity index (χ0v) is 19.5. The van der Waals surface area contributed by atoms with Gasteiger partial charge in [0.2, 0.25) is 5.16 Å². The number of hydrogen-bond acceptors (Lipinski definition) is 6. The molecular formula is C24H23FN6O2S. The number of nitrogens with zero attached hydrogens (tertiary/aromatic N) is 4. The molecule has 0 aliphatic rings. The van der Waals surface area contributed by atoms with Gasteiger partial charge in [-0.05, 0) is 43.7 Å². The van der Waals surface area contributed by atoms with E-state index < -0.39 is 11.7 Å². The van der Waals surface area contributed by atoms with Crippen molar-refractivity contribution in [1.29, 1.82) is 0 Å². The molecule has 2 N–H and O–H groups in total. The Morgan fingerprint density at radius 1 is 0.941 bits per heavy atom. The SMILES string of the molecule is Cc1cc(C)n2nc(SCc3ccccc3C(=O)NCCNC(=O)c3ccccc3F)nc2n1. The van der Waals surface area contributed by atoms with Crippen molar-refractivity contribution in [2.45, 2.75) is 24.8 Å². The van der Waals surface area contributed by atoms with E-state index in [0.29, 0.717) is 22.3 Å². The third-order valence-electron chi connectivity index (χ3n) is 5.03. The van der Waals surface area contributed by atoms with E-state index in [4.69, 9.17) is 0 Å². The van der Waals surface area contributed by atoms with Gasteiger partial charge in [0.1, 0.15) is 5.82 Å². The van der Waals surface area contributed by atoms with Gasteiger partial charge in [-0.2, -0.15) is 4.98 Å². The molecule has 2 heterocycles. The average Bonchev–Trinajstić information content (AvgIpc) is 3.24. The summed E-state index contributed by atoms with van der Waals surface area (Å²) in [5, 5.41) is 10.5. The van der Waals surface area contributed by atoms with E-state index in [1.165, 1.54) is 30.0 Å². The number of carbonyl (C=O) groups excluding carboxylic acids is 2. The van der Waals surface area contributed by atoms with E-state index in [1.54, 1.807) is 22.7 Å². The number of halogens is 1. The molecule has 0 bridgehead atoms. The monoisotopic (exact) mass is 478 g/mol. The van der Waals surface area contributed by atoms with E-state index >= 15 is 0 Å². The topological polar surface area (TPSA) is 101 Å². The molecule has 0 atom stereocenters. The number of rotatable bonds is 8. The molecule has 4 rings (SSSR count). The first-order valence-electron chi connectivity index (χ1n) is 10.6. The van der Waals surface area contributed by atoms with Crippen LogP contribution >= 0.6 is 11.8 Å². The summed E-state index contributed by atoms with van der Waals surface area (Å²) in [4.78, 5) is 33.7. The van der Waals surface area contributed by atoms with Crippen molar-refractivity contribution in [2.24, 2.45) is 0 Å². The summed E-state index contributed by atoms with van der Waals surface area (Å²) in [6.07, 6.45) is 0. The van der Waals surface area contributed by atoms with Crippen LogP contribution in [0.3, 0.4) is 0 Å². The minimum absolute atomic E-state index is 0.0303. The van der Waals surface area contributed by atoms with E-state index in [1.807, 2.05) is 32.0 Å². The van der Waals surface area contributed by atoms with Crippen LogP contribution < -0.4 is 10.6 Å². The van der Waals surface area contributed by atoms with E-state index in [9.17, 15) is 14.0 Å². The molecule has 2 aromatic heterocycles. The summed E-state index contributed by atoms with van der Waals surface area (Å²) >= 11 is 1.42. The predicted octanol–water partition coefficient (Wildman–Crippen LogP) is 3.33. The first kappa shape index (κ1) is 23.4. The molecule has 0 spiro atoms. The summed E-state index contributed by atoms with van der Waals surface area (Å²) in [7, 11) is 0. The van der Waals surface area contributed by atoms with Gasteiger partial charge in [0.15, 0.2) is 0 Å². The van der Waals surface area contributed by atoms with Gasteiger partial charge in [0.05, 0.1) is 5.56 Å². The average molecular weight is 479 g/mol. The normalized spacial score (nSPS) is 10.9. The zero-order valence-electron chi connectivity index (χ0n) is 18.7. The van der Waals surface area contributed by atoms with Crippen molar-refractivity contribution < 1.29 is 14.0 Å². The Bertz CT molecular complexity index is 1360. The van der Waals surface area contributed by atoms with E-state index in [2.05, 4.69) is 25.7 Å². The second kappa shape index (κ2) is 10.4. The van der Waals surface area contributed by atoms with Crippen LogP contribution in [0.4, 0.5) is 4.39 Å². The van der Waals surface area contributed by atoms with Crippen molar-refractivity contribution in [3.05, 3.63) is 88.5 Å². The van der Waals surface area contributed by atoms with Crippen molar-refractivity contribution in [3.8, 4) is 0 Å². The Morgan fingerprint density at radius 3 is 2.32 bits per heavy atom. The smallest absolute Gasteiger partial charge is 0.254 e. The molecule has 4 aromatic rings. The number of hydrogen-bond donors (Lipinski definition) is 2. The fraction of sp³-hybridized carbons (Fsp3) is 0.208. The maximum Gasteiger partial charge on any atom is 0.254 e. The third kappa shape index (κ3) is 5.40. The van der Waals surface area contributed by atoms with E-state index in [-0.39, 0.29) is 24.6 Å². The summed E-state index contributed by atoms with van der Waals surface area (Å²) in [5.41, 5.74) is 3.16. The molecule has 10 heteroatoms. The molecule has 8 nitrogen and oxygen atoms in total. The number of nitrogens with one attached hydrogen (secondary N) is 2. The number of benzene rings is 2. The lowest BCUT2D eigenvalue weighted by Crippen LogP contribution is -2.35. The highest BCUT2D eigenvalue weighted by Gasteiger charge is 2.14. The van der Waals surface area contributed by atoms with Crippen LogP contribution in [-0.4, -0.2) is 44.5 Å². The summed E-state index contributed by atoms with van der Waals surface area (Å²) in [6, 6.07) is 15.0. The van der Waals surface area contributed by atoms with Crippen molar-refractivity contribution >= 4 is 29.4 Å². The van der Waals surface area contributed by atoms with Crippen LogP contribution in [0.25, 0.3) is 5.78 Å². The standard InChI is InChI=1S/C24H23FN6O2S/c1-15-13-16(2)31-23(28-15)29-24(30-31)34-14-17-7-3-4-8-18(17)21(32)26-11-12-27-22(33)19-9-5-6-10-20(19)25/h3-10,13H,11-12,14H2,1-2H3,(H,26,32)(H,27,33). The molecular weight excluding hydrogens is 455 g/mol. The van der Waals surface area contributed by atoms with Gasteiger partial charge in [0, 0.05) is 35.8 Å². The molecule has 2 amide bonds. The minimum atomic E-state index is -0.586. The van der Waals surface area contributed by atoms with Crippen LogP contribution in [0.1, 0.15) is 37.7 Å². The largest absolute Gasteiger partial charge is 0.350 e. The number of amides is 2. The third-order valence-corrected chi connectivity index (χ3v) is 5.92. The fourth-order valence-corrected chi connectivity index (χ4v) is 4.23. The summed E-state index contributed by atoms with van der Waals surface area (Å²) < 4.78 is 15.4. The van der Waals surface area contributed by atoms with Crippen LogP contribution in [0, 0.1) is 19.7 Å². The predicted molar refractivity (Wildman–Crippen MR) is 127 cm³/mol. The fourth-order valence-electron chi connectivity index (χ4n) is 3.41. The van der Waals surface area contributed by atoms with Gasteiger partial charge < -0.3 is 10.6 Å². The summed E-state index contributed by atoms with van der Waals surface area (Å²) in [6.45, 7) is 4.24. The molecule has 0 fully saturated rings. The van der Waals surface area contributed by atoms with Crippen molar-refractivity contribution in [2.75, 3.05) is 13.1 Å². The second-order valence-corrected chi connectivity index (χ2v) is 8.53. The van der Waals surface area contributed by atoms with Gasteiger partial charge in [-0.3, -0.25) is 9.59 Å². The minimum Gasteiger partial charge on any atom is -0.350 e. The van der Waals surface area contributed by atoms with Gasteiger partial charge in [0.25, 0.3) is 17.6 Å². The Morgan fingerprint density at radius 2 is 1.59 bits per heavy atom. The first-order valence-corrected chi connectivity index (χ1v) is 11.6. The quantitative estimate of drug-likeness (QED) is 0.298. The highest BCUT2D eigenvalue weighted by molar-refractivity contribution is 7.98. The maximum absolute atomic E-state index is 13.7. The summed E-state index contributed by atoms with van der Waals surface area (Å²) in [5.74, 6) is -0.320. The maximum atomic E-state index is 13.7. The van der Waals surface area contributed by atoms with Crippen LogP contribution in [0.5, 0.6) is 0 Å².